The average molecular weight is 295 g/mol. The zero-order chi connectivity index (χ0) is 15.0. The van der Waals surface area contributed by atoms with Gasteiger partial charge in [0.05, 0.1) is 7.11 Å². The number of hydrogen-bond acceptors (Lipinski definition) is 6. The lowest BCUT2D eigenvalue weighted by molar-refractivity contribution is -0.201. The van der Waals surface area contributed by atoms with Gasteiger partial charge >= 0.3 is 5.97 Å². The van der Waals surface area contributed by atoms with Crippen LogP contribution in [0.3, 0.4) is 0 Å². The van der Waals surface area contributed by atoms with Crippen molar-refractivity contribution in [3.05, 3.63) is 29.8 Å². The number of ether oxygens (including phenoxy) is 1. The van der Waals surface area contributed by atoms with Crippen molar-refractivity contribution in [1.82, 2.24) is 4.90 Å². The van der Waals surface area contributed by atoms with E-state index < -0.39 is 11.9 Å². The highest BCUT2D eigenvalue weighted by molar-refractivity contribution is 7.80. The van der Waals surface area contributed by atoms with Gasteiger partial charge in [-0.3, -0.25) is 14.6 Å². The predicted molar refractivity (Wildman–Crippen MR) is 74.5 cm³/mol. The third-order valence-corrected chi connectivity index (χ3v) is 2.99. The topological polar surface area (TPSA) is 82.0 Å². The lowest BCUT2D eigenvalue weighted by Gasteiger charge is -2.21. The van der Waals surface area contributed by atoms with E-state index in [2.05, 4.69) is 22.4 Å². The third-order valence-electron chi connectivity index (χ3n) is 2.55. The van der Waals surface area contributed by atoms with Gasteiger partial charge in [0.25, 0.3) is 0 Å². The summed E-state index contributed by atoms with van der Waals surface area (Å²) < 4.78 is 4.55. The highest BCUT2D eigenvalue weighted by atomic mass is 32.1. The maximum atomic E-state index is 11.9. The summed E-state index contributed by atoms with van der Waals surface area (Å²) in [6, 6.07) is 7.22. The average Bonchev–Trinajstić information content (AvgIpc) is 2.46. The summed E-state index contributed by atoms with van der Waals surface area (Å²) in [5.74, 6) is -0.972. The van der Waals surface area contributed by atoms with Crippen LogP contribution in [0.2, 0.25) is 0 Å². The number of nitrogens with zero attached hydrogens (tertiary/aromatic N) is 2. The van der Waals surface area contributed by atoms with Crippen molar-refractivity contribution in [2.45, 2.75) is 11.4 Å². The molecule has 0 aliphatic rings. The van der Waals surface area contributed by atoms with Gasteiger partial charge < -0.3 is 14.7 Å². The Balaban J connectivity index is 2.84. The van der Waals surface area contributed by atoms with Gasteiger partial charge in [0.1, 0.15) is 13.1 Å². The van der Waals surface area contributed by atoms with Crippen LogP contribution < -0.4 is 5.11 Å². The van der Waals surface area contributed by atoms with Gasteiger partial charge in [0.15, 0.2) is 0 Å². The number of aliphatic imine (C=N–C) groups is 1. The summed E-state index contributed by atoms with van der Waals surface area (Å²) in [6.07, 6.45) is 0.306. The minimum Gasteiger partial charge on any atom is -0.864 e. The number of carbonyl (C=O) groups excluding carboxylic acids is 2. The van der Waals surface area contributed by atoms with Gasteiger partial charge in [-0.15, -0.1) is 12.6 Å². The standard InChI is InChI=1S/C13H16N2O4S/c1-19-13(18)8-15(12(17)6-14-9-16)7-10-4-2-3-5-11(10)20/h2-5,9,20H,6-8H2,1H3,(H,14,16)/p-1. The predicted octanol–water partition coefficient (Wildman–Crippen LogP) is -0.135. The number of esters is 1. The Morgan fingerprint density at radius 3 is 2.75 bits per heavy atom. The summed E-state index contributed by atoms with van der Waals surface area (Å²) in [5, 5.41) is 10.2. The molecule has 0 fully saturated rings. The fraction of sp³-hybridized carbons (Fsp3) is 0.308. The first-order valence-electron chi connectivity index (χ1n) is 5.80. The van der Waals surface area contributed by atoms with E-state index in [0.717, 1.165) is 5.56 Å². The van der Waals surface area contributed by atoms with Crippen LogP contribution in [-0.2, 0) is 20.9 Å². The Morgan fingerprint density at radius 1 is 1.45 bits per heavy atom. The second-order valence-corrected chi connectivity index (χ2v) is 4.38. The summed E-state index contributed by atoms with van der Waals surface area (Å²) in [7, 11) is 1.24. The number of methoxy groups -OCH3 is 1. The molecule has 1 amide bonds. The molecule has 0 radical (unpaired) electrons. The fourth-order valence-corrected chi connectivity index (χ4v) is 1.75. The monoisotopic (exact) mass is 295 g/mol. The van der Waals surface area contributed by atoms with E-state index in [9.17, 15) is 14.7 Å². The molecule has 0 heterocycles. The molecule has 1 aromatic rings. The van der Waals surface area contributed by atoms with Crippen LogP contribution in [0.1, 0.15) is 5.56 Å². The van der Waals surface area contributed by atoms with E-state index in [1.807, 2.05) is 12.1 Å². The van der Waals surface area contributed by atoms with Crippen LogP contribution >= 0.6 is 12.6 Å². The van der Waals surface area contributed by atoms with Crippen molar-refractivity contribution in [3.63, 3.8) is 0 Å². The molecule has 0 bridgehead atoms. The first kappa shape index (κ1) is 16.0. The maximum absolute atomic E-state index is 11.9. The molecule has 0 aliphatic carbocycles. The molecule has 0 spiro atoms. The molecule has 6 nitrogen and oxygen atoms in total. The molecule has 7 heteroatoms. The number of carbonyl (C=O) groups is 2. The number of benzene rings is 1. The molecule has 108 valence electrons. The second-order valence-electron chi connectivity index (χ2n) is 3.90. The highest BCUT2D eigenvalue weighted by Gasteiger charge is 2.18. The first-order chi connectivity index (χ1) is 9.58. The normalized spacial score (nSPS) is 10.5. The Morgan fingerprint density at radius 2 is 2.15 bits per heavy atom. The molecule has 1 aromatic carbocycles. The van der Waals surface area contributed by atoms with Gasteiger partial charge in [-0.05, 0) is 11.6 Å². The van der Waals surface area contributed by atoms with Crippen molar-refractivity contribution in [3.8, 4) is 0 Å². The molecule has 0 atom stereocenters. The number of hydrogen-bond donors (Lipinski definition) is 1. The maximum Gasteiger partial charge on any atom is 0.325 e. The van der Waals surface area contributed by atoms with Gasteiger partial charge in [0.2, 0.25) is 5.91 Å². The molecule has 0 aromatic heterocycles. The van der Waals surface area contributed by atoms with E-state index >= 15 is 0 Å². The Bertz CT molecular complexity index is 505. The van der Waals surface area contributed by atoms with Crippen LogP contribution in [0.5, 0.6) is 0 Å². The Kier molecular flexibility index (Phi) is 6.58. The van der Waals surface area contributed by atoms with Gasteiger partial charge in [0, 0.05) is 11.4 Å². The zero-order valence-electron chi connectivity index (χ0n) is 11.0. The SMILES string of the molecule is COC(=O)CN(Cc1ccccc1S)C(=O)CN=C[O-]. The quantitative estimate of drug-likeness (QED) is 0.343. The second kappa shape index (κ2) is 8.21. The molecule has 20 heavy (non-hydrogen) atoms. The lowest BCUT2D eigenvalue weighted by Crippen LogP contribution is -2.37. The Hall–Kier alpha value is -2.02. The first-order valence-corrected chi connectivity index (χ1v) is 6.25. The molecule has 0 N–H and O–H groups in total. The highest BCUT2D eigenvalue weighted by Crippen LogP contribution is 2.15. The molecular formula is C13H15N2O4S-. The number of rotatable bonds is 6. The largest absolute Gasteiger partial charge is 0.864 e. The van der Waals surface area contributed by atoms with Gasteiger partial charge in [-0.1, -0.05) is 24.6 Å². The van der Waals surface area contributed by atoms with Crippen LogP contribution in [-0.4, -0.2) is 43.4 Å². The lowest BCUT2D eigenvalue weighted by atomic mass is 10.2. The van der Waals surface area contributed by atoms with E-state index in [1.54, 1.807) is 12.1 Å². The van der Waals surface area contributed by atoms with E-state index in [0.29, 0.717) is 11.3 Å². The molecule has 0 saturated heterocycles. The third kappa shape index (κ3) is 4.93. The van der Waals surface area contributed by atoms with E-state index in [-0.39, 0.29) is 19.6 Å². The molecular weight excluding hydrogens is 280 g/mol. The molecule has 0 unspecified atom stereocenters. The minimum atomic E-state index is -0.541. The van der Waals surface area contributed by atoms with Crippen LogP contribution in [0.15, 0.2) is 34.2 Å². The summed E-state index contributed by atoms with van der Waals surface area (Å²) >= 11 is 4.29. The van der Waals surface area contributed by atoms with Gasteiger partial charge in [-0.2, -0.15) is 0 Å². The van der Waals surface area contributed by atoms with Crippen LogP contribution in [0.4, 0.5) is 0 Å². The van der Waals surface area contributed by atoms with Gasteiger partial charge in [-0.25, -0.2) is 0 Å². The van der Waals surface area contributed by atoms with Crippen LogP contribution in [0.25, 0.3) is 0 Å². The molecule has 0 aliphatic heterocycles. The molecule has 1 rings (SSSR count). The molecule has 0 saturated carbocycles. The summed E-state index contributed by atoms with van der Waals surface area (Å²) in [6.45, 7) is -0.303. The van der Waals surface area contributed by atoms with E-state index in [1.165, 1.54) is 12.0 Å². The fourth-order valence-electron chi connectivity index (χ4n) is 1.52. The number of thiol groups is 1. The van der Waals surface area contributed by atoms with Crippen molar-refractivity contribution in [2.24, 2.45) is 4.99 Å². The minimum absolute atomic E-state index is 0.196. The Labute approximate surface area is 122 Å². The van der Waals surface area contributed by atoms with Crippen molar-refractivity contribution < 1.29 is 19.4 Å². The number of amides is 1. The smallest absolute Gasteiger partial charge is 0.325 e. The van der Waals surface area contributed by atoms with Crippen molar-refractivity contribution in [2.75, 3.05) is 20.2 Å². The van der Waals surface area contributed by atoms with Crippen LogP contribution in [0, 0.1) is 0 Å². The zero-order valence-corrected chi connectivity index (χ0v) is 11.9. The van der Waals surface area contributed by atoms with Crippen molar-refractivity contribution in [1.29, 1.82) is 0 Å². The van der Waals surface area contributed by atoms with E-state index in [4.69, 9.17) is 0 Å². The summed E-state index contributed by atoms with van der Waals surface area (Å²) in [4.78, 5) is 28.6. The summed E-state index contributed by atoms with van der Waals surface area (Å²) in [5.41, 5.74) is 0.791. The van der Waals surface area contributed by atoms with Crippen molar-refractivity contribution >= 4 is 30.9 Å².